The number of hydrogen-bond acceptors (Lipinski definition) is 4. The van der Waals surface area contributed by atoms with E-state index in [0.29, 0.717) is 17.9 Å². The van der Waals surface area contributed by atoms with E-state index in [1.54, 1.807) is 13.0 Å². The zero-order chi connectivity index (χ0) is 17.3. The van der Waals surface area contributed by atoms with Crippen molar-refractivity contribution in [2.24, 2.45) is 0 Å². The predicted molar refractivity (Wildman–Crippen MR) is 85.7 cm³/mol. The van der Waals surface area contributed by atoms with Gasteiger partial charge < -0.3 is 10.6 Å². The second-order valence-corrected chi connectivity index (χ2v) is 5.82. The maximum absolute atomic E-state index is 13.3. The van der Waals surface area contributed by atoms with Crippen LogP contribution in [0.1, 0.15) is 35.7 Å². The highest BCUT2D eigenvalue weighted by atomic mass is 19.1. The first kappa shape index (κ1) is 16.1. The highest BCUT2D eigenvalue weighted by Crippen LogP contribution is 2.18. The predicted octanol–water partition coefficient (Wildman–Crippen LogP) is 1.54. The lowest BCUT2D eigenvalue weighted by Gasteiger charge is -2.30. The standard InChI is InChI=1S/C16H18FN5O2/c1-9-7-14(23)20-16(18-9)22-13(6-10(2)21-22)19-15(24)11-4-3-5-12(17)8-11/h3-6,8-9,16,18H,7H2,1-2H3,(H,19,24)(H,20,23). The molecular formula is C16H18FN5O2. The molecule has 2 atom stereocenters. The largest absolute Gasteiger partial charge is 0.322 e. The van der Waals surface area contributed by atoms with E-state index in [4.69, 9.17) is 0 Å². The molecule has 2 amide bonds. The summed E-state index contributed by atoms with van der Waals surface area (Å²) in [4.78, 5) is 24.0. The molecule has 126 valence electrons. The van der Waals surface area contributed by atoms with Gasteiger partial charge in [0.15, 0.2) is 6.29 Å². The molecule has 2 unspecified atom stereocenters. The first-order valence-electron chi connectivity index (χ1n) is 7.61. The first-order chi connectivity index (χ1) is 11.4. The summed E-state index contributed by atoms with van der Waals surface area (Å²) >= 11 is 0. The van der Waals surface area contributed by atoms with E-state index in [1.165, 1.54) is 22.9 Å². The fraction of sp³-hybridized carbons (Fsp3) is 0.312. The second kappa shape index (κ2) is 6.40. The van der Waals surface area contributed by atoms with E-state index >= 15 is 0 Å². The number of aromatic nitrogens is 2. The van der Waals surface area contributed by atoms with Crippen LogP contribution in [0.3, 0.4) is 0 Å². The van der Waals surface area contributed by atoms with Crippen LogP contribution in [0.2, 0.25) is 0 Å². The van der Waals surface area contributed by atoms with Gasteiger partial charge in [-0.25, -0.2) is 9.07 Å². The summed E-state index contributed by atoms with van der Waals surface area (Å²) in [6.45, 7) is 3.68. The number of nitrogens with one attached hydrogen (secondary N) is 3. The minimum absolute atomic E-state index is 0.0139. The van der Waals surface area contributed by atoms with Crippen molar-refractivity contribution >= 4 is 17.6 Å². The summed E-state index contributed by atoms with van der Waals surface area (Å²) in [5.41, 5.74) is 0.883. The average molecular weight is 331 g/mol. The number of halogens is 1. The molecule has 2 heterocycles. The molecule has 7 nitrogen and oxygen atoms in total. The van der Waals surface area contributed by atoms with Crippen LogP contribution >= 0.6 is 0 Å². The Labute approximate surface area is 138 Å². The lowest BCUT2D eigenvalue weighted by Crippen LogP contribution is -2.52. The van der Waals surface area contributed by atoms with Gasteiger partial charge in [-0.3, -0.25) is 14.9 Å². The molecule has 1 aliphatic rings. The molecule has 0 aliphatic carbocycles. The van der Waals surface area contributed by atoms with Crippen LogP contribution in [-0.2, 0) is 4.79 Å². The zero-order valence-corrected chi connectivity index (χ0v) is 13.3. The van der Waals surface area contributed by atoms with Gasteiger partial charge in [0, 0.05) is 24.1 Å². The number of anilines is 1. The molecule has 0 saturated carbocycles. The maximum atomic E-state index is 13.3. The first-order valence-corrected chi connectivity index (χ1v) is 7.61. The lowest BCUT2D eigenvalue weighted by atomic mass is 10.2. The monoisotopic (exact) mass is 331 g/mol. The number of amides is 2. The lowest BCUT2D eigenvalue weighted by molar-refractivity contribution is -0.125. The number of rotatable bonds is 3. The zero-order valence-electron chi connectivity index (χ0n) is 13.3. The molecular weight excluding hydrogens is 313 g/mol. The van der Waals surface area contributed by atoms with Crippen molar-refractivity contribution in [3.05, 3.63) is 47.4 Å². The molecule has 1 aromatic heterocycles. The van der Waals surface area contributed by atoms with Crippen molar-refractivity contribution in [2.75, 3.05) is 5.32 Å². The molecule has 3 N–H and O–H groups in total. The van der Waals surface area contributed by atoms with Gasteiger partial charge in [0.1, 0.15) is 11.6 Å². The molecule has 0 bridgehead atoms. The quantitative estimate of drug-likeness (QED) is 0.796. The summed E-state index contributed by atoms with van der Waals surface area (Å²) < 4.78 is 14.8. The Hall–Kier alpha value is -2.74. The molecule has 0 radical (unpaired) electrons. The molecule has 1 fully saturated rings. The molecule has 3 rings (SSSR count). The van der Waals surface area contributed by atoms with Crippen molar-refractivity contribution in [1.82, 2.24) is 20.4 Å². The normalized spacial score (nSPS) is 20.5. The SMILES string of the molecule is Cc1cc(NC(=O)c2cccc(F)c2)n(C2NC(=O)CC(C)N2)n1. The van der Waals surface area contributed by atoms with Gasteiger partial charge in [-0.1, -0.05) is 6.07 Å². The number of carbonyl (C=O) groups excluding carboxylic acids is 2. The number of benzene rings is 1. The minimum atomic E-state index is -0.558. The topological polar surface area (TPSA) is 88.0 Å². The summed E-state index contributed by atoms with van der Waals surface area (Å²) in [5.74, 6) is -0.622. The van der Waals surface area contributed by atoms with Gasteiger partial charge >= 0.3 is 0 Å². The third kappa shape index (κ3) is 3.43. The van der Waals surface area contributed by atoms with Crippen molar-refractivity contribution in [1.29, 1.82) is 0 Å². The number of carbonyl (C=O) groups is 2. The Balaban J connectivity index is 1.84. The molecule has 1 aliphatic heterocycles. The van der Waals surface area contributed by atoms with Crippen molar-refractivity contribution in [3.63, 3.8) is 0 Å². The third-order valence-electron chi connectivity index (χ3n) is 3.66. The van der Waals surface area contributed by atoms with Gasteiger partial charge in [-0.2, -0.15) is 5.10 Å². The van der Waals surface area contributed by atoms with Crippen LogP contribution in [0.4, 0.5) is 10.2 Å². The van der Waals surface area contributed by atoms with Crippen molar-refractivity contribution < 1.29 is 14.0 Å². The number of aryl methyl sites for hydroxylation is 1. The fourth-order valence-corrected chi connectivity index (χ4v) is 2.62. The Morgan fingerprint density at radius 2 is 2.21 bits per heavy atom. The van der Waals surface area contributed by atoms with Crippen LogP contribution in [0.15, 0.2) is 30.3 Å². The number of hydrogen-bond donors (Lipinski definition) is 3. The summed E-state index contributed by atoms with van der Waals surface area (Å²) in [5, 5.41) is 13.0. The van der Waals surface area contributed by atoms with E-state index in [-0.39, 0.29) is 17.5 Å². The van der Waals surface area contributed by atoms with Gasteiger partial charge in [0.25, 0.3) is 5.91 Å². The summed E-state index contributed by atoms with van der Waals surface area (Å²) in [6.07, 6.45) is -0.181. The Morgan fingerprint density at radius 3 is 2.92 bits per heavy atom. The van der Waals surface area contributed by atoms with Crippen LogP contribution < -0.4 is 16.0 Å². The van der Waals surface area contributed by atoms with E-state index in [0.717, 1.165) is 6.07 Å². The van der Waals surface area contributed by atoms with Crippen molar-refractivity contribution in [3.8, 4) is 0 Å². The summed E-state index contributed by atoms with van der Waals surface area (Å²) in [7, 11) is 0. The molecule has 0 spiro atoms. The Bertz CT molecular complexity index is 789. The smallest absolute Gasteiger partial charge is 0.256 e. The van der Waals surface area contributed by atoms with Crippen molar-refractivity contribution in [2.45, 2.75) is 32.6 Å². The summed E-state index contributed by atoms with van der Waals surface area (Å²) in [6, 6.07) is 7.09. The Kier molecular flexibility index (Phi) is 4.30. The Morgan fingerprint density at radius 1 is 1.42 bits per heavy atom. The van der Waals surface area contributed by atoms with Crippen LogP contribution in [-0.4, -0.2) is 27.6 Å². The third-order valence-corrected chi connectivity index (χ3v) is 3.66. The second-order valence-electron chi connectivity index (χ2n) is 5.82. The van der Waals surface area contributed by atoms with Gasteiger partial charge in [-0.05, 0) is 32.0 Å². The average Bonchev–Trinajstić information content (AvgIpc) is 2.87. The minimum Gasteiger partial charge on any atom is -0.322 e. The molecule has 1 saturated heterocycles. The number of nitrogens with zero attached hydrogens (tertiary/aromatic N) is 2. The van der Waals surface area contributed by atoms with E-state index in [2.05, 4.69) is 21.0 Å². The van der Waals surface area contributed by atoms with E-state index in [9.17, 15) is 14.0 Å². The molecule has 8 heteroatoms. The molecule has 2 aromatic rings. The fourth-order valence-electron chi connectivity index (χ4n) is 2.62. The van der Waals surface area contributed by atoms with Gasteiger partial charge in [0.2, 0.25) is 5.91 Å². The van der Waals surface area contributed by atoms with Gasteiger partial charge in [-0.15, -0.1) is 0 Å². The van der Waals surface area contributed by atoms with E-state index < -0.39 is 18.0 Å². The van der Waals surface area contributed by atoms with Crippen LogP contribution in [0, 0.1) is 12.7 Å². The maximum Gasteiger partial charge on any atom is 0.256 e. The highest BCUT2D eigenvalue weighted by Gasteiger charge is 2.26. The molecule has 24 heavy (non-hydrogen) atoms. The van der Waals surface area contributed by atoms with Gasteiger partial charge in [0.05, 0.1) is 5.69 Å². The van der Waals surface area contributed by atoms with Crippen LogP contribution in [0.5, 0.6) is 0 Å². The van der Waals surface area contributed by atoms with E-state index in [1.807, 2.05) is 6.92 Å². The van der Waals surface area contributed by atoms with Crippen LogP contribution in [0.25, 0.3) is 0 Å². The molecule has 1 aromatic carbocycles. The highest BCUT2D eigenvalue weighted by molar-refractivity contribution is 6.03.